The van der Waals surface area contributed by atoms with Crippen molar-refractivity contribution in [2.24, 2.45) is 12.8 Å². The second-order valence-corrected chi connectivity index (χ2v) is 4.87. The van der Waals surface area contributed by atoms with E-state index in [0.717, 1.165) is 22.2 Å². The third kappa shape index (κ3) is 2.09. The molecule has 1 atom stereocenters. The van der Waals surface area contributed by atoms with Crippen molar-refractivity contribution in [1.29, 1.82) is 0 Å². The zero-order chi connectivity index (χ0) is 14.1. The third-order valence-electron chi connectivity index (χ3n) is 3.58. The van der Waals surface area contributed by atoms with E-state index < -0.39 is 6.10 Å². The summed E-state index contributed by atoms with van der Waals surface area (Å²) in [6, 6.07) is 15.5. The summed E-state index contributed by atoms with van der Waals surface area (Å²) in [5.41, 5.74) is 9.42. The molecule has 4 nitrogen and oxygen atoms in total. The Balaban J connectivity index is 2.10. The lowest BCUT2D eigenvalue weighted by Crippen LogP contribution is -2.07. The van der Waals surface area contributed by atoms with E-state index in [2.05, 4.69) is 4.98 Å². The van der Waals surface area contributed by atoms with E-state index in [9.17, 15) is 5.11 Å². The second kappa shape index (κ2) is 5.07. The van der Waals surface area contributed by atoms with Gasteiger partial charge in [0.15, 0.2) is 0 Å². The molecule has 3 aromatic rings. The number of fused-ring (bicyclic) bond motifs is 1. The van der Waals surface area contributed by atoms with Gasteiger partial charge in [0.25, 0.3) is 0 Å². The molecule has 3 rings (SSSR count). The van der Waals surface area contributed by atoms with Crippen molar-refractivity contribution in [3.63, 3.8) is 0 Å². The van der Waals surface area contributed by atoms with Crippen LogP contribution in [0.2, 0.25) is 0 Å². The van der Waals surface area contributed by atoms with E-state index in [-0.39, 0.29) is 0 Å². The molecular weight excluding hydrogens is 250 g/mol. The molecule has 4 heteroatoms. The summed E-state index contributed by atoms with van der Waals surface area (Å²) in [5, 5.41) is 10.5. The molecule has 2 aromatic carbocycles. The summed E-state index contributed by atoms with van der Waals surface area (Å²) in [4.78, 5) is 4.54. The highest BCUT2D eigenvalue weighted by atomic mass is 16.3. The van der Waals surface area contributed by atoms with Crippen LogP contribution in [0.25, 0.3) is 11.0 Å². The number of imidazole rings is 1. The van der Waals surface area contributed by atoms with Crippen LogP contribution in [0.3, 0.4) is 0 Å². The van der Waals surface area contributed by atoms with Crippen molar-refractivity contribution in [2.75, 3.05) is 0 Å². The Morgan fingerprint density at radius 2 is 1.95 bits per heavy atom. The first-order valence-electron chi connectivity index (χ1n) is 6.59. The van der Waals surface area contributed by atoms with Crippen LogP contribution in [0.4, 0.5) is 0 Å². The standard InChI is InChI=1S/C16H17N3O/c1-19-14-9-11(10-17)7-8-13(14)18-16(19)15(20)12-5-3-2-4-6-12/h2-9,15,20H,10,17H2,1H3. The molecule has 1 aromatic heterocycles. The van der Waals surface area contributed by atoms with Crippen molar-refractivity contribution < 1.29 is 5.11 Å². The fraction of sp³-hybridized carbons (Fsp3) is 0.188. The lowest BCUT2D eigenvalue weighted by molar-refractivity contribution is 0.207. The quantitative estimate of drug-likeness (QED) is 0.764. The van der Waals surface area contributed by atoms with Gasteiger partial charge in [-0.1, -0.05) is 36.4 Å². The van der Waals surface area contributed by atoms with Crippen molar-refractivity contribution in [3.8, 4) is 0 Å². The number of nitrogens with zero attached hydrogens (tertiary/aromatic N) is 2. The largest absolute Gasteiger partial charge is 0.380 e. The minimum atomic E-state index is -0.727. The molecule has 0 saturated heterocycles. The van der Waals surface area contributed by atoms with Crippen molar-refractivity contribution >= 4 is 11.0 Å². The highest BCUT2D eigenvalue weighted by Crippen LogP contribution is 2.25. The molecule has 0 amide bonds. The number of nitrogens with two attached hydrogens (primary N) is 1. The lowest BCUT2D eigenvalue weighted by atomic mass is 10.1. The van der Waals surface area contributed by atoms with Crippen LogP contribution in [-0.4, -0.2) is 14.7 Å². The number of rotatable bonds is 3. The van der Waals surface area contributed by atoms with E-state index in [1.54, 1.807) is 0 Å². The number of aryl methyl sites for hydroxylation is 1. The lowest BCUT2D eigenvalue weighted by Gasteiger charge is -2.10. The van der Waals surface area contributed by atoms with Crippen LogP contribution in [0.5, 0.6) is 0 Å². The Morgan fingerprint density at radius 3 is 2.65 bits per heavy atom. The summed E-state index contributed by atoms with van der Waals surface area (Å²) in [5.74, 6) is 0.639. The van der Waals surface area contributed by atoms with Gasteiger partial charge in [-0.2, -0.15) is 0 Å². The third-order valence-corrected chi connectivity index (χ3v) is 3.58. The van der Waals surface area contributed by atoms with Crippen LogP contribution in [0.1, 0.15) is 23.1 Å². The van der Waals surface area contributed by atoms with Crippen molar-refractivity contribution in [2.45, 2.75) is 12.6 Å². The molecule has 0 bridgehead atoms. The maximum atomic E-state index is 10.5. The maximum absolute atomic E-state index is 10.5. The summed E-state index contributed by atoms with van der Waals surface area (Å²) in [7, 11) is 1.91. The first kappa shape index (κ1) is 12.8. The van der Waals surface area contributed by atoms with Gasteiger partial charge in [-0.25, -0.2) is 4.98 Å². The molecule has 1 unspecified atom stereocenters. The average Bonchev–Trinajstić information content (AvgIpc) is 2.84. The number of aliphatic hydroxyl groups is 1. The SMILES string of the molecule is Cn1c(C(O)c2ccccc2)nc2ccc(CN)cc21. The predicted molar refractivity (Wildman–Crippen MR) is 79.1 cm³/mol. The molecular formula is C16H17N3O. The van der Waals surface area contributed by atoms with E-state index in [1.807, 2.05) is 60.1 Å². The summed E-state index contributed by atoms with van der Waals surface area (Å²) in [6.45, 7) is 0.498. The molecule has 0 aliphatic rings. The molecule has 0 aliphatic heterocycles. The normalized spacial score (nSPS) is 12.8. The minimum Gasteiger partial charge on any atom is -0.380 e. The molecule has 0 aliphatic carbocycles. The fourth-order valence-electron chi connectivity index (χ4n) is 2.41. The van der Waals surface area contributed by atoms with Crippen LogP contribution >= 0.6 is 0 Å². The molecule has 0 spiro atoms. The first-order chi connectivity index (χ1) is 9.70. The van der Waals surface area contributed by atoms with Gasteiger partial charge in [-0.15, -0.1) is 0 Å². The van der Waals surface area contributed by atoms with Gasteiger partial charge in [0.1, 0.15) is 11.9 Å². The molecule has 1 heterocycles. The highest BCUT2D eigenvalue weighted by Gasteiger charge is 2.17. The highest BCUT2D eigenvalue weighted by molar-refractivity contribution is 5.77. The molecule has 0 fully saturated rings. The van der Waals surface area contributed by atoms with Gasteiger partial charge >= 0.3 is 0 Å². The monoisotopic (exact) mass is 267 g/mol. The predicted octanol–water partition coefficient (Wildman–Crippen LogP) is 2.11. The Morgan fingerprint density at radius 1 is 1.20 bits per heavy atom. The second-order valence-electron chi connectivity index (χ2n) is 4.87. The topological polar surface area (TPSA) is 64.1 Å². The summed E-state index contributed by atoms with van der Waals surface area (Å²) in [6.07, 6.45) is -0.727. The van der Waals surface area contributed by atoms with E-state index in [4.69, 9.17) is 5.73 Å². The zero-order valence-corrected chi connectivity index (χ0v) is 11.3. The van der Waals surface area contributed by atoms with E-state index in [0.29, 0.717) is 12.4 Å². The zero-order valence-electron chi connectivity index (χ0n) is 11.3. The fourth-order valence-corrected chi connectivity index (χ4v) is 2.41. The van der Waals surface area contributed by atoms with E-state index in [1.165, 1.54) is 0 Å². The number of hydrogen-bond acceptors (Lipinski definition) is 3. The number of aliphatic hydroxyl groups excluding tert-OH is 1. The maximum Gasteiger partial charge on any atom is 0.143 e. The minimum absolute atomic E-state index is 0.498. The molecule has 102 valence electrons. The van der Waals surface area contributed by atoms with Crippen LogP contribution < -0.4 is 5.73 Å². The van der Waals surface area contributed by atoms with Crippen LogP contribution in [0, 0.1) is 0 Å². The van der Waals surface area contributed by atoms with Crippen LogP contribution in [-0.2, 0) is 13.6 Å². The van der Waals surface area contributed by atoms with Gasteiger partial charge < -0.3 is 15.4 Å². The van der Waals surface area contributed by atoms with Gasteiger partial charge in [0, 0.05) is 13.6 Å². The Bertz CT molecular complexity index is 734. The van der Waals surface area contributed by atoms with Gasteiger partial charge in [-0.3, -0.25) is 0 Å². The summed E-state index contributed by atoms with van der Waals surface area (Å²) >= 11 is 0. The smallest absolute Gasteiger partial charge is 0.143 e. The van der Waals surface area contributed by atoms with Gasteiger partial charge in [0.2, 0.25) is 0 Å². The van der Waals surface area contributed by atoms with Crippen LogP contribution in [0.15, 0.2) is 48.5 Å². The van der Waals surface area contributed by atoms with E-state index >= 15 is 0 Å². The Labute approximate surface area is 117 Å². The van der Waals surface area contributed by atoms with Gasteiger partial charge in [-0.05, 0) is 23.3 Å². The number of benzene rings is 2. The number of aromatic nitrogens is 2. The molecule has 3 N–H and O–H groups in total. The van der Waals surface area contributed by atoms with Crippen molar-refractivity contribution in [1.82, 2.24) is 9.55 Å². The Hall–Kier alpha value is -2.17. The Kier molecular flexibility index (Phi) is 3.26. The molecule has 0 radical (unpaired) electrons. The van der Waals surface area contributed by atoms with Gasteiger partial charge in [0.05, 0.1) is 11.0 Å². The first-order valence-corrected chi connectivity index (χ1v) is 6.59. The molecule has 20 heavy (non-hydrogen) atoms. The molecule has 0 saturated carbocycles. The average molecular weight is 267 g/mol. The summed E-state index contributed by atoms with van der Waals surface area (Å²) < 4.78 is 1.92. The number of hydrogen-bond donors (Lipinski definition) is 2. The van der Waals surface area contributed by atoms with Crippen molar-refractivity contribution in [3.05, 3.63) is 65.5 Å².